The highest BCUT2D eigenvalue weighted by Crippen LogP contribution is 2.33. The Kier molecular flexibility index (Phi) is 6.29. The van der Waals surface area contributed by atoms with E-state index in [2.05, 4.69) is 10.0 Å². The van der Waals surface area contributed by atoms with E-state index in [9.17, 15) is 13.2 Å². The molecule has 2 aromatic carbocycles. The normalized spacial score (nSPS) is 16.2. The van der Waals surface area contributed by atoms with Gasteiger partial charge in [0.2, 0.25) is 15.9 Å². The van der Waals surface area contributed by atoms with Crippen LogP contribution in [-0.4, -0.2) is 26.4 Å². The summed E-state index contributed by atoms with van der Waals surface area (Å²) >= 11 is 0. The second kappa shape index (κ2) is 7.92. The van der Waals surface area contributed by atoms with E-state index >= 15 is 0 Å². The molecule has 2 aromatic rings. The Labute approximate surface area is 160 Å². The predicted octanol–water partition coefficient (Wildman–Crippen LogP) is 2.77. The highest BCUT2D eigenvalue weighted by molar-refractivity contribution is 7.89. The third-order valence-electron chi connectivity index (χ3n) is 4.79. The number of hydrogen-bond donors (Lipinski definition) is 3. The van der Waals surface area contributed by atoms with Crippen molar-refractivity contribution in [1.82, 2.24) is 4.72 Å². The number of nitrogens with two attached hydrogens (primary N) is 1. The molecule has 0 aromatic heterocycles. The molecule has 1 aliphatic rings. The first kappa shape index (κ1) is 20.6. The summed E-state index contributed by atoms with van der Waals surface area (Å²) in [5, 5.41) is 4.01. The van der Waals surface area contributed by atoms with Crippen molar-refractivity contribution in [1.29, 1.82) is 0 Å². The molecule has 142 valence electrons. The zero-order chi connectivity index (χ0) is 18.1. The van der Waals surface area contributed by atoms with Crippen LogP contribution in [0.15, 0.2) is 41.3 Å². The number of sulfonamides is 1. The number of benzene rings is 2. The quantitative estimate of drug-likeness (QED) is 0.721. The largest absolute Gasteiger partial charge is 0.329 e. The van der Waals surface area contributed by atoms with Crippen molar-refractivity contribution in [2.45, 2.75) is 43.0 Å². The van der Waals surface area contributed by atoms with Gasteiger partial charge in [0.15, 0.2) is 0 Å². The van der Waals surface area contributed by atoms with Gasteiger partial charge in [0.25, 0.3) is 0 Å². The van der Waals surface area contributed by atoms with Crippen molar-refractivity contribution < 1.29 is 13.2 Å². The number of halogens is 1. The number of carbonyl (C=O) groups is 1. The lowest BCUT2D eigenvalue weighted by atomic mass is 10.0. The Morgan fingerprint density at radius 1 is 1.12 bits per heavy atom. The average Bonchev–Trinajstić information content (AvgIpc) is 3.03. The van der Waals surface area contributed by atoms with E-state index < -0.39 is 15.6 Å². The first-order valence-corrected chi connectivity index (χ1v) is 9.89. The lowest BCUT2D eigenvalue weighted by Crippen LogP contribution is -2.51. The third-order valence-corrected chi connectivity index (χ3v) is 6.42. The second-order valence-electron chi connectivity index (χ2n) is 6.64. The monoisotopic (exact) mass is 397 g/mol. The van der Waals surface area contributed by atoms with Crippen molar-refractivity contribution in [3.8, 4) is 0 Å². The maximum absolute atomic E-state index is 13.0. The minimum absolute atomic E-state index is 0. The first-order chi connectivity index (χ1) is 11.9. The summed E-state index contributed by atoms with van der Waals surface area (Å²) in [5.74, 6) is -0.202. The van der Waals surface area contributed by atoms with Gasteiger partial charge < -0.3 is 11.1 Å². The molecule has 0 aliphatic heterocycles. The maximum Gasteiger partial charge on any atom is 0.241 e. The van der Waals surface area contributed by atoms with E-state index in [4.69, 9.17) is 5.73 Å². The number of hydrogen-bond acceptors (Lipinski definition) is 4. The number of anilines is 1. The third kappa shape index (κ3) is 4.01. The molecule has 4 N–H and O–H groups in total. The SMILES string of the molecule is CC(=O)Nc1ccc(S(=O)(=O)NC2(CN)CCCC2)c2ccccc12.Cl. The number of amides is 1. The Morgan fingerprint density at radius 2 is 1.73 bits per heavy atom. The Hall–Kier alpha value is -1.67. The van der Waals surface area contributed by atoms with Gasteiger partial charge in [-0.05, 0) is 25.0 Å². The van der Waals surface area contributed by atoms with Gasteiger partial charge in [-0.2, -0.15) is 0 Å². The molecule has 0 radical (unpaired) electrons. The Morgan fingerprint density at radius 3 is 2.31 bits per heavy atom. The summed E-state index contributed by atoms with van der Waals surface area (Å²) in [6, 6.07) is 10.3. The summed E-state index contributed by atoms with van der Waals surface area (Å²) < 4.78 is 28.9. The average molecular weight is 398 g/mol. The first-order valence-electron chi connectivity index (χ1n) is 8.40. The van der Waals surface area contributed by atoms with Crippen LogP contribution in [0, 0.1) is 0 Å². The van der Waals surface area contributed by atoms with Gasteiger partial charge in [0.1, 0.15) is 0 Å². The molecular weight excluding hydrogens is 374 g/mol. The van der Waals surface area contributed by atoms with Gasteiger partial charge in [-0.3, -0.25) is 4.79 Å². The van der Waals surface area contributed by atoms with Crippen LogP contribution >= 0.6 is 12.4 Å². The lowest BCUT2D eigenvalue weighted by molar-refractivity contribution is -0.114. The summed E-state index contributed by atoms with van der Waals surface area (Å²) in [7, 11) is -3.73. The van der Waals surface area contributed by atoms with Crippen LogP contribution < -0.4 is 15.8 Å². The van der Waals surface area contributed by atoms with Crippen molar-refractivity contribution in [2.24, 2.45) is 5.73 Å². The van der Waals surface area contributed by atoms with Crippen LogP contribution in [-0.2, 0) is 14.8 Å². The minimum atomic E-state index is -3.73. The zero-order valence-corrected chi connectivity index (χ0v) is 16.3. The van der Waals surface area contributed by atoms with Gasteiger partial charge in [0, 0.05) is 35.5 Å². The fourth-order valence-electron chi connectivity index (χ4n) is 3.54. The molecule has 1 fully saturated rings. The van der Waals surface area contributed by atoms with Gasteiger partial charge in [-0.15, -0.1) is 12.4 Å². The molecule has 0 spiro atoms. The summed E-state index contributed by atoms with van der Waals surface area (Å²) in [6.07, 6.45) is 3.46. The number of rotatable bonds is 5. The number of nitrogens with one attached hydrogen (secondary N) is 2. The molecule has 3 rings (SSSR count). The number of fused-ring (bicyclic) bond motifs is 1. The number of carbonyl (C=O) groups excluding carboxylic acids is 1. The van der Waals surface area contributed by atoms with E-state index in [-0.39, 0.29) is 29.8 Å². The highest BCUT2D eigenvalue weighted by Gasteiger charge is 2.37. The van der Waals surface area contributed by atoms with Crippen LogP contribution in [0.1, 0.15) is 32.6 Å². The van der Waals surface area contributed by atoms with Gasteiger partial charge >= 0.3 is 0 Å². The van der Waals surface area contributed by atoms with E-state index in [1.54, 1.807) is 24.3 Å². The fourth-order valence-corrected chi connectivity index (χ4v) is 5.23. The fraction of sp³-hybridized carbons (Fsp3) is 0.389. The Balaban J connectivity index is 0.00000243. The standard InChI is InChI=1S/C18H23N3O3S.ClH/c1-13(22)20-16-8-9-17(15-7-3-2-6-14(15)16)25(23,24)21-18(12-19)10-4-5-11-18;/h2-3,6-9,21H,4-5,10-12,19H2,1H3,(H,20,22);1H. The second-order valence-corrected chi connectivity index (χ2v) is 8.29. The molecule has 0 unspecified atom stereocenters. The summed E-state index contributed by atoms with van der Waals surface area (Å²) in [6.45, 7) is 1.71. The van der Waals surface area contributed by atoms with E-state index in [0.717, 1.165) is 25.7 Å². The molecule has 0 bridgehead atoms. The van der Waals surface area contributed by atoms with E-state index in [0.29, 0.717) is 16.5 Å². The predicted molar refractivity (Wildman–Crippen MR) is 106 cm³/mol. The molecule has 1 saturated carbocycles. The van der Waals surface area contributed by atoms with Gasteiger partial charge in [-0.1, -0.05) is 37.1 Å². The van der Waals surface area contributed by atoms with Crippen molar-refractivity contribution >= 4 is 44.8 Å². The van der Waals surface area contributed by atoms with Crippen molar-refractivity contribution in [3.63, 3.8) is 0 Å². The lowest BCUT2D eigenvalue weighted by Gasteiger charge is -2.28. The molecule has 1 amide bonds. The molecule has 8 heteroatoms. The smallest absolute Gasteiger partial charge is 0.241 e. The molecule has 0 heterocycles. The highest BCUT2D eigenvalue weighted by atomic mass is 35.5. The molecule has 0 atom stereocenters. The molecular formula is C18H24ClN3O3S. The zero-order valence-electron chi connectivity index (χ0n) is 14.6. The van der Waals surface area contributed by atoms with Crippen LogP contribution in [0.25, 0.3) is 10.8 Å². The van der Waals surface area contributed by atoms with Gasteiger partial charge in [0.05, 0.1) is 4.90 Å². The van der Waals surface area contributed by atoms with E-state index in [1.165, 1.54) is 13.0 Å². The molecule has 1 aliphatic carbocycles. The summed E-state index contributed by atoms with van der Waals surface area (Å²) in [5.41, 5.74) is 5.91. The van der Waals surface area contributed by atoms with Crippen LogP contribution in [0.4, 0.5) is 5.69 Å². The maximum atomic E-state index is 13.0. The topological polar surface area (TPSA) is 101 Å². The van der Waals surface area contributed by atoms with Crippen molar-refractivity contribution in [3.05, 3.63) is 36.4 Å². The van der Waals surface area contributed by atoms with Gasteiger partial charge in [-0.25, -0.2) is 13.1 Å². The molecule has 0 saturated heterocycles. The van der Waals surface area contributed by atoms with E-state index in [1.807, 2.05) is 6.07 Å². The minimum Gasteiger partial charge on any atom is -0.329 e. The molecule has 26 heavy (non-hydrogen) atoms. The van der Waals surface area contributed by atoms with Crippen LogP contribution in [0.5, 0.6) is 0 Å². The van der Waals surface area contributed by atoms with Crippen LogP contribution in [0.3, 0.4) is 0 Å². The Bertz CT molecular complexity index is 909. The van der Waals surface area contributed by atoms with Crippen LogP contribution in [0.2, 0.25) is 0 Å². The molecule has 6 nitrogen and oxygen atoms in total. The van der Waals surface area contributed by atoms with Crippen molar-refractivity contribution in [2.75, 3.05) is 11.9 Å². The summed E-state index contributed by atoms with van der Waals surface area (Å²) in [4.78, 5) is 11.6.